The van der Waals surface area contributed by atoms with Crippen molar-refractivity contribution < 1.29 is 4.79 Å². The van der Waals surface area contributed by atoms with Crippen LogP contribution in [0.4, 0.5) is 0 Å². The number of hydrogen-bond acceptors (Lipinski definition) is 1. The van der Waals surface area contributed by atoms with E-state index in [2.05, 4.69) is 65.8 Å². The van der Waals surface area contributed by atoms with Crippen LogP contribution in [0, 0.1) is 58.2 Å². The van der Waals surface area contributed by atoms with E-state index in [0.717, 1.165) is 24.7 Å². The van der Waals surface area contributed by atoms with Crippen LogP contribution in [0.5, 0.6) is 0 Å². The maximum absolute atomic E-state index is 13.7. The number of carbonyl (C=O) groups is 1. The molecular weight excluding hydrogens is 352 g/mol. The van der Waals surface area contributed by atoms with Gasteiger partial charge in [0.2, 0.25) is 0 Å². The number of rotatable bonds is 4. The zero-order valence-electron chi connectivity index (χ0n) is 19.8. The molecule has 1 heteroatoms. The molecule has 0 heterocycles. The maximum atomic E-state index is 13.7. The molecule has 3 fully saturated rings. The molecule has 0 aromatic rings. The Morgan fingerprint density at radius 3 is 2.45 bits per heavy atom. The molecule has 0 spiro atoms. The Kier molecular flexibility index (Phi) is 5.67. The van der Waals surface area contributed by atoms with Crippen LogP contribution in [0.25, 0.3) is 0 Å². The fraction of sp³-hybridized carbons (Fsp3) is 0.821. The van der Waals surface area contributed by atoms with E-state index in [9.17, 15) is 4.79 Å². The molecule has 4 aliphatic carbocycles. The summed E-state index contributed by atoms with van der Waals surface area (Å²) in [6.07, 6.45) is 18.2. The second kappa shape index (κ2) is 7.69. The zero-order valence-corrected chi connectivity index (χ0v) is 19.8. The molecule has 4 aliphatic rings. The number of allylic oxidation sites excluding steroid dienone is 4. The van der Waals surface area contributed by atoms with Gasteiger partial charge in [-0.3, -0.25) is 4.79 Å². The number of Topliss-reactive ketones (excluding diaryl/α,β-unsaturated/α-hetero) is 1. The summed E-state index contributed by atoms with van der Waals surface area (Å²) >= 11 is 0. The molecule has 0 amide bonds. The summed E-state index contributed by atoms with van der Waals surface area (Å²) in [6.45, 7) is 14.3. The van der Waals surface area contributed by atoms with Crippen molar-refractivity contribution in [2.45, 2.75) is 86.5 Å². The first-order valence-electron chi connectivity index (χ1n) is 12.5. The van der Waals surface area contributed by atoms with E-state index in [-0.39, 0.29) is 10.8 Å². The molecule has 4 rings (SSSR count). The monoisotopic (exact) mass is 396 g/mol. The first kappa shape index (κ1) is 21.4. The molecule has 0 N–H and O–H groups in total. The summed E-state index contributed by atoms with van der Waals surface area (Å²) in [7, 11) is 0. The molecule has 0 aliphatic heterocycles. The second-order valence-corrected chi connectivity index (χ2v) is 12.1. The minimum atomic E-state index is 0.219. The Morgan fingerprint density at radius 1 is 0.966 bits per heavy atom. The minimum Gasteiger partial charge on any atom is -0.299 e. The van der Waals surface area contributed by atoms with Crippen LogP contribution in [0.15, 0.2) is 24.3 Å². The largest absolute Gasteiger partial charge is 0.299 e. The van der Waals surface area contributed by atoms with Crippen LogP contribution < -0.4 is 0 Å². The lowest BCUT2D eigenvalue weighted by Gasteiger charge is -2.59. The molecule has 162 valence electrons. The Hall–Kier alpha value is -0.850. The van der Waals surface area contributed by atoms with E-state index in [0.29, 0.717) is 41.3 Å². The van der Waals surface area contributed by atoms with Gasteiger partial charge in [0.25, 0.3) is 0 Å². The third-order valence-corrected chi connectivity index (χ3v) is 10.4. The van der Waals surface area contributed by atoms with Crippen LogP contribution >= 0.6 is 0 Å². The number of ketones is 1. The lowest BCUT2D eigenvalue weighted by Crippen LogP contribution is -2.56. The molecule has 0 unspecified atom stereocenters. The molecule has 0 radical (unpaired) electrons. The van der Waals surface area contributed by atoms with Crippen LogP contribution in [-0.2, 0) is 4.79 Å². The van der Waals surface area contributed by atoms with E-state index in [1.165, 1.54) is 32.1 Å². The van der Waals surface area contributed by atoms with Gasteiger partial charge in [0.15, 0.2) is 0 Å². The van der Waals surface area contributed by atoms with Gasteiger partial charge in [-0.15, -0.1) is 0 Å². The van der Waals surface area contributed by atoms with Gasteiger partial charge >= 0.3 is 0 Å². The molecule has 0 bridgehead atoms. The lowest BCUT2D eigenvalue weighted by atomic mass is 9.45. The molecule has 0 aromatic heterocycles. The Morgan fingerprint density at radius 2 is 1.72 bits per heavy atom. The van der Waals surface area contributed by atoms with Gasteiger partial charge in [-0.1, -0.05) is 65.8 Å². The zero-order chi connectivity index (χ0) is 21.0. The molecule has 3 saturated carbocycles. The van der Waals surface area contributed by atoms with E-state index in [1.54, 1.807) is 0 Å². The number of carbonyl (C=O) groups excluding carboxylic acids is 1. The third kappa shape index (κ3) is 3.39. The molecular formula is C28H44O. The van der Waals surface area contributed by atoms with Crippen molar-refractivity contribution >= 4 is 5.78 Å². The number of fused-ring (bicyclic) bond motifs is 5. The van der Waals surface area contributed by atoms with Gasteiger partial charge < -0.3 is 0 Å². The van der Waals surface area contributed by atoms with Crippen LogP contribution in [0.2, 0.25) is 0 Å². The highest BCUT2D eigenvalue weighted by atomic mass is 16.1. The van der Waals surface area contributed by atoms with Gasteiger partial charge in [0.05, 0.1) is 0 Å². The summed E-state index contributed by atoms with van der Waals surface area (Å²) in [4.78, 5) is 13.7. The fourth-order valence-corrected chi connectivity index (χ4v) is 8.27. The van der Waals surface area contributed by atoms with Crippen molar-refractivity contribution in [3.63, 3.8) is 0 Å². The molecule has 0 aromatic carbocycles. The molecule has 9 atom stereocenters. The quantitative estimate of drug-likeness (QED) is 0.450. The smallest absolute Gasteiger partial charge is 0.137 e. The molecule has 1 nitrogen and oxygen atoms in total. The molecule has 0 saturated heterocycles. The van der Waals surface area contributed by atoms with Gasteiger partial charge in [-0.25, -0.2) is 0 Å². The first-order valence-corrected chi connectivity index (χ1v) is 12.5. The van der Waals surface area contributed by atoms with Crippen LogP contribution in [-0.4, -0.2) is 5.78 Å². The van der Waals surface area contributed by atoms with Crippen molar-refractivity contribution in [1.82, 2.24) is 0 Å². The predicted molar refractivity (Wildman–Crippen MR) is 122 cm³/mol. The van der Waals surface area contributed by atoms with Crippen molar-refractivity contribution in [2.24, 2.45) is 58.2 Å². The van der Waals surface area contributed by atoms with E-state index < -0.39 is 0 Å². The highest BCUT2D eigenvalue weighted by Gasteiger charge is 2.62. The van der Waals surface area contributed by atoms with E-state index >= 15 is 0 Å². The Labute approximate surface area is 179 Å². The summed E-state index contributed by atoms with van der Waals surface area (Å²) < 4.78 is 0. The van der Waals surface area contributed by atoms with Crippen LogP contribution in [0.3, 0.4) is 0 Å². The summed E-state index contributed by atoms with van der Waals surface area (Å²) in [5.41, 5.74) is 0.448. The fourth-order valence-electron chi connectivity index (χ4n) is 8.27. The van der Waals surface area contributed by atoms with E-state index in [1.807, 2.05) is 0 Å². The lowest BCUT2D eigenvalue weighted by molar-refractivity contribution is -0.154. The topological polar surface area (TPSA) is 17.1 Å². The Balaban J connectivity index is 1.57. The average molecular weight is 397 g/mol. The van der Waals surface area contributed by atoms with Gasteiger partial charge in [-0.2, -0.15) is 0 Å². The van der Waals surface area contributed by atoms with Gasteiger partial charge in [-0.05, 0) is 90.8 Å². The highest BCUT2D eigenvalue weighted by molar-refractivity contribution is 5.84. The average Bonchev–Trinajstić information content (AvgIpc) is 3.01. The normalized spacial score (nSPS) is 46.4. The summed E-state index contributed by atoms with van der Waals surface area (Å²) in [5, 5.41) is 0. The highest BCUT2D eigenvalue weighted by Crippen LogP contribution is 2.66. The van der Waals surface area contributed by atoms with E-state index in [4.69, 9.17) is 0 Å². The predicted octanol–water partition coefficient (Wildman–Crippen LogP) is 7.47. The van der Waals surface area contributed by atoms with Gasteiger partial charge in [0.1, 0.15) is 5.78 Å². The molecule has 29 heavy (non-hydrogen) atoms. The number of hydrogen-bond donors (Lipinski definition) is 0. The van der Waals surface area contributed by atoms with Gasteiger partial charge in [0, 0.05) is 12.3 Å². The second-order valence-electron chi connectivity index (χ2n) is 12.1. The first-order chi connectivity index (χ1) is 13.7. The Bertz CT molecular complexity index is 686. The third-order valence-electron chi connectivity index (χ3n) is 10.4. The van der Waals surface area contributed by atoms with Crippen molar-refractivity contribution in [3.05, 3.63) is 24.3 Å². The van der Waals surface area contributed by atoms with Crippen LogP contribution in [0.1, 0.15) is 86.5 Å². The van der Waals surface area contributed by atoms with Crippen molar-refractivity contribution in [3.8, 4) is 0 Å². The summed E-state index contributed by atoms with van der Waals surface area (Å²) in [5.74, 6) is 5.67. The minimum absolute atomic E-state index is 0.219. The van der Waals surface area contributed by atoms with Crippen molar-refractivity contribution in [2.75, 3.05) is 0 Å². The van der Waals surface area contributed by atoms with Crippen molar-refractivity contribution in [1.29, 1.82) is 0 Å². The maximum Gasteiger partial charge on any atom is 0.137 e. The summed E-state index contributed by atoms with van der Waals surface area (Å²) in [6, 6.07) is 0. The standard InChI is InChI=1S/C28H44O/c1-18(2)19(3)10-11-20(4)23-14-15-24-22-13-12-21-9-7-8-16-27(21,5)26(22)25(29)17-28(23,24)6/h7-8,10-11,18-24,26H,9,12-17H2,1-6H3/b11-10+/t19-,20+,21+,22-,23+,24-,26+,27-,28+/m0/s1. The SMILES string of the molecule is CC(C)[C@@H](C)/C=C/[C@@H](C)[C@H]1CC[C@H]2[C@@H]3CC[C@H]4CC=CC[C@]4(C)[C@H]3C(=O)C[C@]12C.